The van der Waals surface area contributed by atoms with Gasteiger partial charge in [-0.05, 0) is 23.6 Å². The van der Waals surface area contributed by atoms with E-state index < -0.39 is 0 Å². The zero-order valence-electron chi connectivity index (χ0n) is 12.2. The molecule has 0 aromatic heterocycles. The van der Waals surface area contributed by atoms with Crippen molar-refractivity contribution in [3.63, 3.8) is 0 Å². The molecule has 102 valence electrons. The van der Waals surface area contributed by atoms with Gasteiger partial charge >= 0.3 is 0 Å². The van der Waals surface area contributed by atoms with E-state index in [2.05, 4.69) is 32.6 Å². The van der Waals surface area contributed by atoms with Crippen LogP contribution in [0, 0.1) is 17.3 Å². The molecule has 1 aromatic rings. The molecule has 0 aliphatic rings. The number of carbonyl (C=O) groups excluding carboxylic acids is 1. The third kappa shape index (κ3) is 5.15. The molecule has 0 fully saturated rings. The second kappa shape index (κ2) is 6.40. The van der Waals surface area contributed by atoms with Gasteiger partial charge in [-0.1, -0.05) is 38.7 Å². The first kappa shape index (κ1) is 15.3. The molecule has 0 bridgehead atoms. The van der Waals surface area contributed by atoms with Gasteiger partial charge in [0.1, 0.15) is 0 Å². The van der Waals surface area contributed by atoms with E-state index in [0.29, 0.717) is 18.7 Å². The van der Waals surface area contributed by atoms with Gasteiger partial charge in [0.05, 0.1) is 6.54 Å². The zero-order chi connectivity index (χ0) is 14.5. The molecule has 1 aromatic carbocycles. The molecule has 1 rings (SSSR count). The monoisotopic (exact) mass is 258 g/mol. The Hall–Kier alpha value is -1.79. The Morgan fingerprint density at radius 3 is 2.63 bits per heavy atom. The summed E-state index contributed by atoms with van der Waals surface area (Å²) >= 11 is 0. The van der Waals surface area contributed by atoms with Crippen LogP contribution in [0.5, 0.6) is 0 Å². The lowest BCUT2D eigenvalue weighted by molar-refractivity contribution is 0.0745. The SMILES string of the molecule is CN(CC(C)(C)C)C(=O)c1cccc(C#CCN)c1. The van der Waals surface area contributed by atoms with Crippen LogP contribution in [0.3, 0.4) is 0 Å². The van der Waals surface area contributed by atoms with Crippen LogP contribution in [-0.2, 0) is 0 Å². The van der Waals surface area contributed by atoms with Gasteiger partial charge in [-0.3, -0.25) is 4.79 Å². The number of hydrogen-bond donors (Lipinski definition) is 1. The van der Waals surface area contributed by atoms with E-state index in [4.69, 9.17) is 5.73 Å². The third-order valence-electron chi connectivity index (χ3n) is 2.50. The second-order valence-corrected chi connectivity index (χ2v) is 5.81. The molecule has 3 nitrogen and oxygen atoms in total. The lowest BCUT2D eigenvalue weighted by Gasteiger charge is -2.26. The highest BCUT2D eigenvalue weighted by Crippen LogP contribution is 2.16. The van der Waals surface area contributed by atoms with Crippen molar-refractivity contribution in [3.05, 3.63) is 35.4 Å². The standard InChI is InChI=1S/C16H22N2O/c1-16(2,3)12-18(4)15(19)14-9-5-7-13(11-14)8-6-10-17/h5,7,9,11H,10,12,17H2,1-4H3. The molecule has 1 amide bonds. The summed E-state index contributed by atoms with van der Waals surface area (Å²) in [6.07, 6.45) is 0. The summed E-state index contributed by atoms with van der Waals surface area (Å²) in [5, 5.41) is 0. The fourth-order valence-electron chi connectivity index (χ4n) is 1.89. The Morgan fingerprint density at radius 2 is 2.05 bits per heavy atom. The summed E-state index contributed by atoms with van der Waals surface area (Å²) in [5.41, 5.74) is 6.91. The van der Waals surface area contributed by atoms with Crippen LogP contribution >= 0.6 is 0 Å². The molecular weight excluding hydrogens is 236 g/mol. The first-order valence-corrected chi connectivity index (χ1v) is 6.38. The van der Waals surface area contributed by atoms with Gasteiger partial charge in [-0.15, -0.1) is 0 Å². The highest BCUT2D eigenvalue weighted by molar-refractivity contribution is 5.94. The second-order valence-electron chi connectivity index (χ2n) is 5.81. The number of benzene rings is 1. The quantitative estimate of drug-likeness (QED) is 0.826. The Balaban J connectivity index is 2.88. The predicted octanol–water partition coefficient (Wildman–Crippen LogP) is 2.11. The smallest absolute Gasteiger partial charge is 0.253 e. The van der Waals surface area contributed by atoms with E-state index >= 15 is 0 Å². The maximum absolute atomic E-state index is 12.3. The van der Waals surface area contributed by atoms with E-state index in [1.165, 1.54) is 0 Å². The molecular formula is C16H22N2O. The van der Waals surface area contributed by atoms with E-state index in [1.807, 2.05) is 31.3 Å². The molecule has 3 heteroatoms. The molecule has 0 spiro atoms. The van der Waals surface area contributed by atoms with Crippen molar-refractivity contribution in [2.45, 2.75) is 20.8 Å². The van der Waals surface area contributed by atoms with Gasteiger partial charge in [0.2, 0.25) is 0 Å². The highest BCUT2D eigenvalue weighted by atomic mass is 16.2. The largest absolute Gasteiger partial charge is 0.341 e. The highest BCUT2D eigenvalue weighted by Gasteiger charge is 2.18. The van der Waals surface area contributed by atoms with E-state index in [9.17, 15) is 4.79 Å². The number of nitrogens with two attached hydrogens (primary N) is 1. The van der Waals surface area contributed by atoms with Crippen molar-refractivity contribution in [2.75, 3.05) is 20.1 Å². The molecule has 0 aliphatic heterocycles. The van der Waals surface area contributed by atoms with E-state index in [1.54, 1.807) is 4.90 Å². The molecule has 0 unspecified atom stereocenters. The van der Waals surface area contributed by atoms with Crippen molar-refractivity contribution >= 4 is 5.91 Å². The summed E-state index contributed by atoms with van der Waals surface area (Å²) in [7, 11) is 1.83. The predicted molar refractivity (Wildman–Crippen MR) is 78.8 cm³/mol. The minimum atomic E-state index is 0.0197. The van der Waals surface area contributed by atoms with Crippen LogP contribution in [0.4, 0.5) is 0 Å². The van der Waals surface area contributed by atoms with Crippen molar-refractivity contribution in [1.82, 2.24) is 4.90 Å². The van der Waals surface area contributed by atoms with Crippen LogP contribution < -0.4 is 5.73 Å². The average molecular weight is 258 g/mol. The van der Waals surface area contributed by atoms with Crippen molar-refractivity contribution in [1.29, 1.82) is 0 Å². The molecule has 19 heavy (non-hydrogen) atoms. The normalized spacial score (nSPS) is 10.6. The van der Waals surface area contributed by atoms with Crippen LogP contribution in [-0.4, -0.2) is 30.9 Å². The van der Waals surface area contributed by atoms with Gasteiger partial charge in [-0.25, -0.2) is 0 Å². The molecule has 0 saturated heterocycles. The van der Waals surface area contributed by atoms with Gasteiger partial charge in [0.15, 0.2) is 0 Å². The van der Waals surface area contributed by atoms with E-state index in [0.717, 1.165) is 5.56 Å². The first-order valence-electron chi connectivity index (χ1n) is 6.38. The number of amides is 1. The molecule has 2 N–H and O–H groups in total. The average Bonchev–Trinajstić information content (AvgIpc) is 2.33. The van der Waals surface area contributed by atoms with Crippen molar-refractivity contribution in [3.8, 4) is 11.8 Å². The van der Waals surface area contributed by atoms with E-state index in [-0.39, 0.29) is 11.3 Å². The van der Waals surface area contributed by atoms with Gasteiger partial charge < -0.3 is 10.6 Å². The maximum atomic E-state index is 12.3. The summed E-state index contributed by atoms with van der Waals surface area (Å²) in [4.78, 5) is 14.0. The van der Waals surface area contributed by atoms with Gasteiger partial charge in [0.25, 0.3) is 5.91 Å². The van der Waals surface area contributed by atoms with Crippen LogP contribution in [0.15, 0.2) is 24.3 Å². The number of carbonyl (C=O) groups is 1. The van der Waals surface area contributed by atoms with Crippen LogP contribution in [0.2, 0.25) is 0 Å². The molecule has 0 aliphatic carbocycles. The lowest BCUT2D eigenvalue weighted by atomic mass is 9.96. The fourth-order valence-corrected chi connectivity index (χ4v) is 1.89. The molecule has 0 radical (unpaired) electrons. The first-order chi connectivity index (χ1) is 8.83. The van der Waals surface area contributed by atoms with Gasteiger partial charge in [0, 0.05) is 24.7 Å². The third-order valence-corrected chi connectivity index (χ3v) is 2.50. The van der Waals surface area contributed by atoms with Crippen LogP contribution in [0.25, 0.3) is 0 Å². The zero-order valence-corrected chi connectivity index (χ0v) is 12.2. The number of rotatable bonds is 2. The maximum Gasteiger partial charge on any atom is 0.253 e. The minimum Gasteiger partial charge on any atom is -0.341 e. The summed E-state index contributed by atoms with van der Waals surface area (Å²) in [5.74, 6) is 5.75. The fraction of sp³-hybridized carbons (Fsp3) is 0.438. The summed E-state index contributed by atoms with van der Waals surface area (Å²) in [6, 6.07) is 7.35. The molecule has 0 heterocycles. The Morgan fingerprint density at radius 1 is 1.37 bits per heavy atom. The Bertz CT molecular complexity index is 503. The topological polar surface area (TPSA) is 46.3 Å². The minimum absolute atomic E-state index is 0.0197. The van der Waals surface area contributed by atoms with Crippen molar-refractivity contribution in [2.24, 2.45) is 11.1 Å². The Labute approximate surface area is 115 Å². The van der Waals surface area contributed by atoms with Crippen LogP contribution in [0.1, 0.15) is 36.7 Å². The summed E-state index contributed by atoms with van der Waals surface area (Å²) in [6.45, 7) is 7.37. The molecule has 0 atom stereocenters. The Kier molecular flexibility index (Phi) is 5.14. The number of nitrogens with zero attached hydrogens (tertiary/aromatic N) is 1. The number of hydrogen-bond acceptors (Lipinski definition) is 2. The molecule has 0 saturated carbocycles. The summed E-state index contributed by atoms with van der Waals surface area (Å²) < 4.78 is 0. The van der Waals surface area contributed by atoms with Gasteiger partial charge in [-0.2, -0.15) is 0 Å². The lowest BCUT2D eigenvalue weighted by Crippen LogP contribution is -2.34. The van der Waals surface area contributed by atoms with Crippen molar-refractivity contribution < 1.29 is 4.79 Å².